The highest BCUT2D eigenvalue weighted by atomic mass is 16.6. The first kappa shape index (κ1) is 11.8. The van der Waals surface area contributed by atoms with Crippen LogP contribution in [0.2, 0.25) is 0 Å². The Morgan fingerprint density at radius 3 is 2.59 bits per heavy atom. The summed E-state index contributed by atoms with van der Waals surface area (Å²) >= 11 is 0. The van der Waals surface area contributed by atoms with E-state index < -0.39 is 12.1 Å². The van der Waals surface area contributed by atoms with Crippen LogP contribution in [-0.4, -0.2) is 52.8 Å². The zero-order valence-corrected chi connectivity index (χ0v) is 9.33. The van der Waals surface area contributed by atoms with E-state index in [0.717, 1.165) is 12.8 Å². The largest absolute Gasteiger partial charge is 0.477 e. The van der Waals surface area contributed by atoms with E-state index in [1.165, 1.54) is 0 Å². The van der Waals surface area contributed by atoms with Crippen LogP contribution in [0.5, 0.6) is 0 Å². The number of nitrogens with two attached hydrogens (primary N) is 1. The van der Waals surface area contributed by atoms with Gasteiger partial charge in [0.25, 0.3) is 5.91 Å². The van der Waals surface area contributed by atoms with E-state index in [1.807, 2.05) is 0 Å². The van der Waals surface area contributed by atoms with Crippen LogP contribution in [-0.2, 0) is 14.4 Å². The summed E-state index contributed by atoms with van der Waals surface area (Å²) < 4.78 is 0. The number of carbonyl (C=O) groups excluding carboxylic acids is 1. The van der Waals surface area contributed by atoms with Gasteiger partial charge in [-0.2, -0.15) is 0 Å². The van der Waals surface area contributed by atoms with Gasteiger partial charge in [0.05, 0.1) is 0 Å². The molecular weight excluding hydrogens is 226 g/mol. The number of carboxylic acid groups (broad SMARTS) is 1. The second-order valence-corrected chi connectivity index (χ2v) is 4.30. The fraction of sp³-hybridized carbons (Fsp3) is 0.700. The number of oxime groups is 1. The van der Waals surface area contributed by atoms with E-state index in [-0.39, 0.29) is 24.1 Å². The molecule has 1 saturated heterocycles. The van der Waals surface area contributed by atoms with Crippen molar-refractivity contribution < 1.29 is 19.5 Å². The van der Waals surface area contributed by atoms with Crippen molar-refractivity contribution in [2.24, 2.45) is 10.9 Å². The highest BCUT2D eigenvalue weighted by Crippen LogP contribution is 2.16. The first-order chi connectivity index (χ1) is 8.08. The van der Waals surface area contributed by atoms with E-state index in [0.29, 0.717) is 13.1 Å². The van der Waals surface area contributed by atoms with Crippen molar-refractivity contribution in [1.29, 1.82) is 0 Å². The summed E-state index contributed by atoms with van der Waals surface area (Å²) in [6.45, 7) is 1.20. The number of likely N-dealkylation sites (tertiary alicyclic amines) is 1. The summed E-state index contributed by atoms with van der Waals surface area (Å²) in [5.41, 5.74) is 5.64. The van der Waals surface area contributed by atoms with Gasteiger partial charge in [-0.3, -0.25) is 4.79 Å². The standard InChI is InChI=1S/C10H15N3O4/c11-6-1-3-13(4-2-6)9(14)8-5-7(10(15)16)12-17-8/h6,8H,1-5,11H2,(H,15,16). The summed E-state index contributed by atoms with van der Waals surface area (Å²) in [5.74, 6) is -1.34. The molecule has 0 aliphatic carbocycles. The Morgan fingerprint density at radius 1 is 1.41 bits per heavy atom. The number of aliphatic carboxylic acids is 1. The average Bonchev–Trinajstić information content (AvgIpc) is 2.78. The van der Waals surface area contributed by atoms with Crippen LogP contribution in [0.3, 0.4) is 0 Å². The minimum Gasteiger partial charge on any atom is -0.477 e. The third-order valence-electron chi connectivity index (χ3n) is 3.04. The quantitative estimate of drug-likeness (QED) is 0.656. The van der Waals surface area contributed by atoms with Gasteiger partial charge < -0.3 is 20.6 Å². The summed E-state index contributed by atoms with van der Waals surface area (Å²) in [4.78, 5) is 29.1. The summed E-state index contributed by atoms with van der Waals surface area (Å²) in [6, 6.07) is 0.148. The van der Waals surface area contributed by atoms with Crippen molar-refractivity contribution in [2.75, 3.05) is 13.1 Å². The number of hydrogen-bond acceptors (Lipinski definition) is 5. The van der Waals surface area contributed by atoms with Crippen molar-refractivity contribution in [3.05, 3.63) is 0 Å². The molecule has 0 aromatic heterocycles. The first-order valence-corrected chi connectivity index (χ1v) is 5.58. The monoisotopic (exact) mass is 241 g/mol. The first-order valence-electron chi connectivity index (χ1n) is 5.58. The van der Waals surface area contributed by atoms with Gasteiger partial charge in [0, 0.05) is 25.6 Å². The average molecular weight is 241 g/mol. The molecule has 1 fully saturated rings. The molecule has 0 spiro atoms. The molecule has 7 heteroatoms. The third kappa shape index (κ3) is 2.55. The maximum Gasteiger partial charge on any atom is 0.353 e. The zero-order valence-electron chi connectivity index (χ0n) is 9.33. The smallest absolute Gasteiger partial charge is 0.353 e. The lowest BCUT2D eigenvalue weighted by Crippen LogP contribution is -2.46. The predicted octanol–water partition coefficient (Wildman–Crippen LogP) is -0.834. The Bertz CT molecular complexity index is 361. The van der Waals surface area contributed by atoms with Gasteiger partial charge in [-0.05, 0) is 12.8 Å². The fourth-order valence-corrected chi connectivity index (χ4v) is 1.96. The lowest BCUT2D eigenvalue weighted by atomic mass is 10.0. The molecule has 94 valence electrons. The molecule has 7 nitrogen and oxygen atoms in total. The molecule has 0 aromatic rings. The molecule has 1 unspecified atom stereocenters. The Kier molecular flexibility index (Phi) is 3.28. The molecular formula is C10H15N3O4. The van der Waals surface area contributed by atoms with Gasteiger partial charge in [-0.25, -0.2) is 4.79 Å². The lowest BCUT2D eigenvalue weighted by molar-refractivity contribution is -0.143. The molecule has 1 amide bonds. The Labute approximate surface area is 98.2 Å². The van der Waals surface area contributed by atoms with Crippen molar-refractivity contribution in [1.82, 2.24) is 4.90 Å². The molecule has 17 heavy (non-hydrogen) atoms. The number of carbonyl (C=O) groups is 2. The van der Waals surface area contributed by atoms with Crippen LogP contribution in [0.25, 0.3) is 0 Å². The van der Waals surface area contributed by atoms with Crippen LogP contribution in [0.15, 0.2) is 5.16 Å². The molecule has 1 atom stereocenters. The van der Waals surface area contributed by atoms with E-state index in [4.69, 9.17) is 15.7 Å². The second-order valence-electron chi connectivity index (χ2n) is 4.30. The number of amides is 1. The number of piperidine rings is 1. The van der Waals surface area contributed by atoms with E-state index in [9.17, 15) is 9.59 Å². The Balaban J connectivity index is 1.88. The van der Waals surface area contributed by atoms with Gasteiger partial charge in [0.15, 0.2) is 5.71 Å². The molecule has 0 bridgehead atoms. The molecule has 0 saturated carbocycles. The Hall–Kier alpha value is -1.63. The van der Waals surface area contributed by atoms with E-state index >= 15 is 0 Å². The van der Waals surface area contributed by atoms with Gasteiger partial charge in [0.1, 0.15) is 0 Å². The van der Waals surface area contributed by atoms with Crippen LogP contribution in [0.1, 0.15) is 19.3 Å². The molecule has 2 aliphatic rings. The number of hydrogen-bond donors (Lipinski definition) is 2. The highest BCUT2D eigenvalue weighted by molar-refractivity contribution is 6.36. The number of nitrogens with zero attached hydrogens (tertiary/aromatic N) is 2. The minimum atomic E-state index is -1.14. The van der Waals surface area contributed by atoms with Gasteiger partial charge >= 0.3 is 5.97 Å². The fourth-order valence-electron chi connectivity index (χ4n) is 1.96. The molecule has 0 radical (unpaired) electrons. The predicted molar refractivity (Wildman–Crippen MR) is 58.4 cm³/mol. The van der Waals surface area contributed by atoms with E-state index in [1.54, 1.807) is 4.90 Å². The molecule has 3 N–H and O–H groups in total. The SMILES string of the molecule is NC1CCN(C(=O)C2CC(C(=O)O)=NO2)CC1. The number of carboxylic acids is 1. The molecule has 2 aliphatic heterocycles. The number of rotatable bonds is 2. The third-order valence-corrected chi connectivity index (χ3v) is 3.04. The second kappa shape index (κ2) is 4.70. The maximum absolute atomic E-state index is 12.0. The van der Waals surface area contributed by atoms with Crippen LogP contribution in [0, 0.1) is 0 Å². The maximum atomic E-state index is 12.0. The molecule has 0 aromatic carbocycles. The van der Waals surface area contributed by atoms with Gasteiger partial charge in [-0.1, -0.05) is 5.16 Å². The molecule has 2 rings (SSSR count). The highest BCUT2D eigenvalue weighted by Gasteiger charge is 2.35. The van der Waals surface area contributed by atoms with Crippen molar-refractivity contribution in [3.8, 4) is 0 Å². The Morgan fingerprint density at radius 2 is 2.06 bits per heavy atom. The van der Waals surface area contributed by atoms with E-state index in [2.05, 4.69) is 5.16 Å². The summed E-state index contributed by atoms with van der Waals surface area (Å²) in [7, 11) is 0. The van der Waals surface area contributed by atoms with Crippen LogP contribution >= 0.6 is 0 Å². The van der Waals surface area contributed by atoms with Gasteiger partial charge in [-0.15, -0.1) is 0 Å². The zero-order chi connectivity index (χ0) is 12.4. The van der Waals surface area contributed by atoms with Crippen LogP contribution in [0.4, 0.5) is 0 Å². The van der Waals surface area contributed by atoms with Crippen LogP contribution < -0.4 is 5.73 Å². The summed E-state index contributed by atoms with van der Waals surface area (Å²) in [5, 5.41) is 12.1. The summed E-state index contributed by atoms with van der Waals surface area (Å²) in [6.07, 6.45) is 0.794. The lowest BCUT2D eigenvalue weighted by Gasteiger charge is -2.31. The van der Waals surface area contributed by atoms with Crippen molar-refractivity contribution in [3.63, 3.8) is 0 Å². The minimum absolute atomic E-state index is 0.0384. The molecule has 2 heterocycles. The van der Waals surface area contributed by atoms with Crippen molar-refractivity contribution in [2.45, 2.75) is 31.4 Å². The topological polar surface area (TPSA) is 105 Å². The van der Waals surface area contributed by atoms with Gasteiger partial charge in [0.2, 0.25) is 6.10 Å². The van der Waals surface area contributed by atoms with Crippen molar-refractivity contribution >= 4 is 17.6 Å². The normalized spacial score (nSPS) is 25.4.